The van der Waals surface area contributed by atoms with Crippen molar-refractivity contribution in [2.45, 2.75) is 66.0 Å². The van der Waals surface area contributed by atoms with Crippen molar-refractivity contribution in [3.8, 4) is 89.7 Å². The fourth-order valence-electron chi connectivity index (χ4n) is 8.99. The zero-order valence-electron chi connectivity index (χ0n) is 55.1. The van der Waals surface area contributed by atoms with E-state index in [4.69, 9.17) is 27.5 Å². The Hall–Kier alpha value is -7.13. The number of aryl methyl sites for hydroxylation is 2. The van der Waals surface area contributed by atoms with Gasteiger partial charge in [0.1, 0.15) is 5.82 Å². The number of benzene rings is 8. The topological polar surface area (TPSA) is 39.9 Å². The molecule has 0 radical (unpaired) electrons. The van der Waals surface area contributed by atoms with E-state index in [1.165, 1.54) is 0 Å². The van der Waals surface area contributed by atoms with E-state index >= 15 is 0 Å². The SMILES string of the molecule is [2H]c1nc(-c2[c-]c(-c3cccc4c3nc(-c3cc(C)cc(C)c3O[CH2-])n4-c3cc(-c4ccccc4)c(C(C)(C)C)cc3-c3ccccc3)cc(-c3ccccc3)c2)c([2H])c(-c2c([2H])c([2H])c(C(C([2H])([2H])[2H])(C([2H])([2H])[2H])C([2H])([2H])[2H])c([2H])c2[2H])c1[2H].[Pt+2]. The summed E-state index contributed by atoms with van der Waals surface area (Å²) in [5.41, 5.74) is 4.59. The Morgan fingerprint density at radius 1 is 0.600 bits per heavy atom. The van der Waals surface area contributed by atoms with Gasteiger partial charge in [-0.25, -0.2) is 4.98 Å². The first-order chi connectivity index (χ1) is 39.9. The van der Waals surface area contributed by atoms with Crippen molar-refractivity contribution in [3.05, 3.63) is 223 Å². The van der Waals surface area contributed by atoms with Crippen LogP contribution in [0.3, 0.4) is 0 Å². The van der Waals surface area contributed by atoms with Crippen LogP contribution >= 0.6 is 0 Å². The van der Waals surface area contributed by atoms with Gasteiger partial charge in [-0.3, -0.25) is 9.55 Å². The van der Waals surface area contributed by atoms with Gasteiger partial charge in [0.2, 0.25) is 0 Å². The summed E-state index contributed by atoms with van der Waals surface area (Å²) in [7, 11) is 3.90. The molecule has 0 saturated carbocycles. The third kappa shape index (κ3) is 9.34. The van der Waals surface area contributed by atoms with Crippen LogP contribution in [-0.2, 0) is 31.9 Å². The van der Waals surface area contributed by atoms with Crippen LogP contribution in [0.5, 0.6) is 5.75 Å². The minimum atomic E-state index is -3.94. The number of fused-ring (bicyclic) bond motifs is 1. The number of imidazole rings is 1. The van der Waals surface area contributed by atoms with E-state index in [-0.39, 0.29) is 37.7 Å². The van der Waals surface area contributed by atoms with Crippen LogP contribution in [0, 0.1) is 27.0 Å². The molecule has 0 N–H and O–H groups in total. The van der Waals surface area contributed by atoms with E-state index in [2.05, 4.69) is 79.9 Å². The molecule has 2 aromatic heterocycles. The first kappa shape index (κ1) is 31.9. The molecule has 5 heteroatoms. The summed E-state index contributed by atoms with van der Waals surface area (Å²) in [6, 6.07) is 44.6. The van der Waals surface area contributed by atoms with Gasteiger partial charge in [-0.05, 0) is 111 Å². The molecule has 0 unspecified atom stereocenters. The van der Waals surface area contributed by atoms with Gasteiger partial charge in [0, 0.05) is 29.8 Å². The summed E-state index contributed by atoms with van der Waals surface area (Å²) in [4.78, 5) is 10.0. The smallest absolute Gasteiger partial charge is 0.665 e. The van der Waals surface area contributed by atoms with Crippen molar-refractivity contribution in [1.82, 2.24) is 14.5 Å². The van der Waals surface area contributed by atoms with Crippen molar-refractivity contribution in [3.63, 3.8) is 0 Å². The largest absolute Gasteiger partial charge is 2.00 e. The Labute approximate surface area is 450 Å². The zero-order chi connectivity index (χ0) is 61.6. The van der Waals surface area contributed by atoms with E-state index in [1.54, 1.807) is 6.07 Å². The van der Waals surface area contributed by atoms with Crippen LogP contribution < -0.4 is 4.74 Å². The number of hydrogen-bond acceptors (Lipinski definition) is 3. The van der Waals surface area contributed by atoms with Crippen LogP contribution in [-0.4, -0.2) is 14.5 Å². The molecule has 10 rings (SSSR count). The van der Waals surface area contributed by atoms with Crippen molar-refractivity contribution >= 4 is 11.0 Å². The van der Waals surface area contributed by atoms with Gasteiger partial charge in [0.05, 0.1) is 37.6 Å². The molecule has 2 heterocycles. The average Bonchev–Trinajstić information content (AvgIpc) is 0.773. The normalized spacial score (nSPS) is 15.5. The molecular formula is C65H57N3OPt. The maximum atomic E-state index is 9.79. The van der Waals surface area contributed by atoms with Gasteiger partial charge in [-0.15, -0.1) is 23.8 Å². The molecule has 8 aromatic carbocycles. The Kier molecular flexibility index (Phi) is 8.81. The number of aromatic nitrogens is 3. The Balaban J connectivity index is 0.00000884. The summed E-state index contributed by atoms with van der Waals surface area (Å²) in [6.07, 6.45) is -0.757. The molecule has 0 aliphatic carbocycles. The van der Waals surface area contributed by atoms with Crippen LogP contribution in [0.4, 0.5) is 0 Å². The predicted octanol–water partition coefficient (Wildman–Crippen LogP) is 17.3. The molecule has 0 amide bonds. The summed E-state index contributed by atoms with van der Waals surface area (Å²) in [5.74, 6) is 1.03. The molecule has 0 aliphatic rings. The average molecular weight is 1110 g/mol. The molecule has 0 saturated heterocycles. The maximum Gasteiger partial charge on any atom is 2.00 e. The van der Waals surface area contributed by atoms with E-state index < -0.39 is 85.1 Å². The number of nitrogens with zero attached hydrogens (tertiary/aromatic N) is 3. The third-order valence-corrected chi connectivity index (χ3v) is 12.2. The van der Waals surface area contributed by atoms with Crippen molar-refractivity contribution in [2.24, 2.45) is 0 Å². The molecule has 0 spiro atoms. The van der Waals surface area contributed by atoms with Gasteiger partial charge in [0.15, 0.2) is 0 Å². The molecule has 0 fully saturated rings. The summed E-state index contributed by atoms with van der Waals surface area (Å²) in [6.45, 7) is -1.27. The Bertz CT molecular complexity index is 4200. The molecule has 0 bridgehead atoms. The van der Waals surface area contributed by atoms with Gasteiger partial charge >= 0.3 is 21.1 Å². The van der Waals surface area contributed by atoms with Gasteiger partial charge < -0.3 is 4.74 Å². The zero-order valence-corrected chi connectivity index (χ0v) is 41.4. The van der Waals surface area contributed by atoms with Gasteiger partial charge in [-0.2, -0.15) is 7.11 Å². The minimum Gasteiger partial charge on any atom is -0.665 e. The molecule has 348 valence electrons. The first-order valence-corrected chi connectivity index (χ1v) is 22.5. The second-order valence-electron chi connectivity index (χ2n) is 18.2. The van der Waals surface area contributed by atoms with Gasteiger partial charge in [-0.1, -0.05) is 197 Å². The molecule has 10 aromatic rings. The van der Waals surface area contributed by atoms with Crippen molar-refractivity contribution in [2.75, 3.05) is 0 Å². The standard InChI is InChI=1S/C65H57N3O.Pt/c1-42-34-43(2)62(69-9)56(35-42)63-67-61-53(26-19-27-59(61)68(63)60-41-54(46-22-15-11-16-23-46)57(65(6,7)8)40-55(60)47-24-17-12-18-25-47)50-36-49(44-20-13-10-14-21-44)37-51(38-50)58-39-48(32-33-66-58)45-28-30-52(31-29-45)64(3,4)5;/h10-37,39-41H,9H2,1-8H3;/q-2;+2/i3D3,4D3,5D3,28D,29D,30D,31D,32D,33D,39D;. The summed E-state index contributed by atoms with van der Waals surface area (Å²) < 4.78 is 147. The number of pyridine rings is 1. The van der Waals surface area contributed by atoms with Crippen molar-refractivity contribution < 1.29 is 47.7 Å². The van der Waals surface area contributed by atoms with E-state index in [0.717, 1.165) is 50.2 Å². The number of hydrogen-bond donors (Lipinski definition) is 0. The number of rotatable bonds is 9. The van der Waals surface area contributed by atoms with E-state index in [0.29, 0.717) is 44.9 Å². The molecule has 4 nitrogen and oxygen atoms in total. The minimum absolute atomic E-state index is 0. The van der Waals surface area contributed by atoms with E-state index in [9.17, 15) is 4.11 Å². The molecular weight excluding hydrogens is 1030 g/mol. The monoisotopic (exact) mass is 1110 g/mol. The maximum absolute atomic E-state index is 9.79. The van der Waals surface area contributed by atoms with Gasteiger partial charge in [0.25, 0.3) is 0 Å². The summed E-state index contributed by atoms with van der Waals surface area (Å²) in [5, 5.41) is 0. The van der Waals surface area contributed by atoms with Crippen molar-refractivity contribution in [1.29, 1.82) is 0 Å². The fourth-order valence-corrected chi connectivity index (χ4v) is 8.99. The fraction of sp³-hybridized carbons (Fsp3) is 0.154. The Morgan fingerprint density at radius 2 is 1.24 bits per heavy atom. The number of para-hydroxylation sites is 1. The second kappa shape index (κ2) is 19.3. The third-order valence-electron chi connectivity index (χ3n) is 12.2. The molecule has 0 atom stereocenters. The predicted molar refractivity (Wildman–Crippen MR) is 289 cm³/mol. The van der Waals surface area contributed by atoms with Crippen LogP contribution in [0.2, 0.25) is 0 Å². The molecule has 70 heavy (non-hydrogen) atoms. The number of ether oxygens (including phenoxy) is 1. The van der Waals surface area contributed by atoms with Crippen LogP contribution in [0.25, 0.3) is 95.0 Å². The first-order valence-electron chi connectivity index (χ1n) is 30.5. The quantitative estimate of drug-likeness (QED) is 0.135. The summed E-state index contributed by atoms with van der Waals surface area (Å²) >= 11 is 0. The van der Waals surface area contributed by atoms with Crippen LogP contribution in [0.15, 0.2) is 188 Å². The molecule has 0 aliphatic heterocycles. The van der Waals surface area contributed by atoms with E-state index in [1.807, 2.05) is 117 Å². The Morgan fingerprint density at radius 3 is 1.89 bits per heavy atom. The van der Waals surface area contributed by atoms with Crippen LogP contribution in [0.1, 0.15) is 85.5 Å². The second-order valence-corrected chi connectivity index (χ2v) is 18.2.